The summed E-state index contributed by atoms with van der Waals surface area (Å²) in [7, 11) is 0. The molecule has 0 unspecified atom stereocenters. The molecule has 2 aliphatic carbocycles. The number of aliphatic hydroxyl groups is 2. The molecular formula is C15H29NO2. The van der Waals surface area contributed by atoms with Gasteiger partial charge in [0.1, 0.15) is 0 Å². The van der Waals surface area contributed by atoms with E-state index in [0.717, 1.165) is 57.3 Å². The van der Waals surface area contributed by atoms with Crippen LogP contribution in [0.25, 0.3) is 0 Å². The molecule has 2 rings (SSSR count). The summed E-state index contributed by atoms with van der Waals surface area (Å²) < 4.78 is 0. The summed E-state index contributed by atoms with van der Waals surface area (Å²) in [6, 6.07) is 0. The topological polar surface area (TPSA) is 52.5 Å². The molecule has 106 valence electrons. The van der Waals surface area contributed by atoms with Crippen molar-refractivity contribution in [2.75, 3.05) is 13.1 Å². The van der Waals surface area contributed by atoms with Crippen LogP contribution in [0.4, 0.5) is 0 Å². The van der Waals surface area contributed by atoms with Crippen molar-refractivity contribution < 1.29 is 10.2 Å². The van der Waals surface area contributed by atoms with Crippen molar-refractivity contribution in [2.24, 2.45) is 5.92 Å². The summed E-state index contributed by atoms with van der Waals surface area (Å²) in [4.78, 5) is 0. The van der Waals surface area contributed by atoms with E-state index in [1.165, 1.54) is 6.42 Å². The Hall–Kier alpha value is -0.120. The highest BCUT2D eigenvalue weighted by Crippen LogP contribution is 2.32. The molecule has 0 aromatic carbocycles. The van der Waals surface area contributed by atoms with Gasteiger partial charge < -0.3 is 15.5 Å². The van der Waals surface area contributed by atoms with Gasteiger partial charge >= 0.3 is 0 Å². The smallest absolute Gasteiger partial charge is 0.0771 e. The van der Waals surface area contributed by atoms with Gasteiger partial charge in [0.15, 0.2) is 0 Å². The molecule has 3 N–H and O–H groups in total. The minimum atomic E-state index is -0.530. The highest BCUT2D eigenvalue weighted by molar-refractivity contribution is 4.89. The lowest BCUT2D eigenvalue weighted by molar-refractivity contribution is -0.0238. The summed E-state index contributed by atoms with van der Waals surface area (Å²) >= 11 is 0. The second-order valence-corrected chi connectivity index (χ2v) is 6.80. The summed E-state index contributed by atoms with van der Waals surface area (Å²) in [6.07, 6.45) is 9.42. The molecule has 2 fully saturated rings. The van der Waals surface area contributed by atoms with Crippen molar-refractivity contribution in [3.8, 4) is 0 Å². The van der Waals surface area contributed by atoms with Crippen LogP contribution in [0.5, 0.6) is 0 Å². The summed E-state index contributed by atoms with van der Waals surface area (Å²) in [6.45, 7) is 3.55. The monoisotopic (exact) mass is 255 g/mol. The quantitative estimate of drug-likeness (QED) is 0.722. The van der Waals surface area contributed by atoms with E-state index in [4.69, 9.17) is 0 Å². The van der Waals surface area contributed by atoms with Gasteiger partial charge in [-0.05, 0) is 44.4 Å². The van der Waals surface area contributed by atoms with Crippen molar-refractivity contribution in [1.29, 1.82) is 0 Å². The molecule has 0 aromatic rings. The summed E-state index contributed by atoms with van der Waals surface area (Å²) in [5.41, 5.74) is -1.05. The maximum Gasteiger partial charge on any atom is 0.0771 e. The lowest BCUT2D eigenvalue weighted by atomic mass is 9.79. The van der Waals surface area contributed by atoms with Gasteiger partial charge in [0.25, 0.3) is 0 Å². The second-order valence-electron chi connectivity index (χ2n) is 6.80. The summed E-state index contributed by atoms with van der Waals surface area (Å²) in [5.74, 6) is 0.757. The fourth-order valence-electron chi connectivity index (χ4n) is 3.39. The van der Waals surface area contributed by atoms with E-state index in [2.05, 4.69) is 12.2 Å². The zero-order chi connectivity index (χ0) is 13.1. The molecule has 2 saturated carbocycles. The van der Waals surface area contributed by atoms with Crippen LogP contribution >= 0.6 is 0 Å². The SMILES string of the molecule is CC1CCC(O)(CNCC2(O)CCCCC2)CC1. The first-order valence-corrected chi connectivity index (χ1v) is 7.67. The minimum Gasteiger partial charge on any atom is -0.389 e. The Morgan fingerprint density at radius 2 is 1.39 bits per heavy atom. The molecule has 0 amide bonds. The Morgan fingerprint density at radius 3 is 1.94 bits per heavy atom. The van der Waals surface area contributed by atoms with Gasteiger partial charge in [0, 0.05) is 13.1 Å². The Labute approximate surface area is 111 Å². The molecule has 2 aliphatic rings. The van der Waals surface area contributed by atoms with Gasteiger partial charge in [0.05, 0.1) is 11.2 Å². The maximum absolute atomic E-state index is 10.5. The number of rotatable bonds is 4. The molecule has 0 heterocycles. The van der Waals surface area contributed by atoms with E-state index in [1.807, 2.05) is 0 Å². The molecular weight excluding hydrogens is 226 g/mol. The van der Waals surface area contributed by atoms with Gasteiger partial charge in [-0.25, -0.2) is 0 Å². The molecule has 3 nitrogen and oxygen atoms in total. The third kappa shape index (κ3) is 3.94. The highest BCUT2D eigenvalue weighted by Gasteiger charge is 2.33. The zero-order valence-electron chi connectivity index (χ0n) is 11.7. The Kier molecular flexibility index (Phi) is 4.68. The van der Waals surface area contributed by atoms with E-state index in [1.54, 1.807) is 0 Å². The lowest BCUT2D eigenvalue weighted by Crippen LogP contribution is -2.49. The van der Waals surface area contributed by atoms with E-state index in [-0.39, 0.29) is 0 Å². The second kappa shape index (κ2) is 5.89. The van der Waals surface area contributed by atoms with Crippen molar-refractivity contribution in [1.82, 2.24) is 5.32 Å². The van der Waals surface area contributed by atoms with Crippen LogP contribution in [0.15, 0.2) is 0 Å². The molecule has 0 radical (unpaired) electrons. The molecule has 0 saturated heterocycles. The first-order chi connectivity index (χ1) is 8.52. The largest absolute Gasteiger partial charge is 0.389 e. The standard InChI is InChI=1S/C15H29NO2/c1-13-5-9-15(18,10-6-13)12-16-11-14(17)7-3-2-4-8-14/h13,16-18H,2-12H2,1H3. The Bertz CT molecular complexity index is 253. The minimum absolute atomic E-state index is 0.517. The first kappa shape index (κ1) is 14.3. The predicted molar refractivity (Wildman–Crippen MR) is 73.5 cm³/mol. The van der Waals surface area contributed by atoms with Crippen LogP contribution < -0.4 is 5.32 Å². The average molecular weight is 255 g/mol. The number of nitrogens with one attached hydrogen (secondary N) is 1. The van der Waals surface area contributed by atoms with Crippen LogP contribution in [0.3, 0.4) is 0 Å². The van der Waals surface area contributed by atoms with Crippen molar-refractivity contribution >= 4 is 0 Å². The molecule has 0 aliphatic heterocycles. The van der Waals surface area contributed by atoms with Gasteiger partial charge in [0.2, 0.25) is 0 Å². The van der Waals surface area contributed by atoms with Crippen molar-refractivity contribution in [2.45, 2.75) is 75.9 Å². The fourth-order valence-corrected chi connectivity index (χ4v) is 3.39. The van der Waals surface area contributed by atoms with Crippen molar-refractivity contribution in [3.63, 3.8) is 0 Å². The maximum atomic E-state index is 10.5. The van der Waals surface area contributed by atoms with Crippen LogP contribution in [0.2, 0.25) is 0 Å². The third-order valence-corrected chi connectivity index (χ3v) is 4.90. The van der Waals surface area contributed by atoms with Gasteiger partial charge in [-0.1, -0.05) is 26.2 Å². The van der Waals surface area contributed by atoms with Crippen LogP contribution in [0, 0.1) is 5.92 Å². The Balaban J connectivity index is 1.71. The van der Waals surface area contributed by atoms with Crippen LogP contribution in [-0.4, -0.2) is 34.5 Å². The van der Waals surface area contributed by atoms with E-state index in [0.29, 0.717) is 13.1 Å². The van der Waals surface area contributed by atoms with Gasteiger partial charge in [-0.3, -0.25) is 0 Å². The lowest BCUT2D eigenvalue weighted by Gasteiger charge is -2.37. The predicted octanol–water partition coefficient (Wildman–Crippen LogP) is 2.21. The number of hydrogen-bond acceptors (Lipinski definition) is 3. The Morgan fingerprint density at radius 1 is 0.889 bits per heavy atom. The zero-order valence-corrected chi connectivity index (χ0v) is 11.7. The van der Waals surface area contributed by atoms with Crippen LogP contribution in [-0.2, 0) is 0 Å². The van der Waals surface area contributed by atoms with Gasteiger partial charge in [-0.15, -0.1) is 0 Å². The normalized spacial score (nSPS) is 36.5. The molecule has 0 bridgehead atoms. The molecule has 18 heavy (non-hydrogen) atoms. The van der Waals surface area contributed by atoms with E-state index in [9.17, 15) is 10.2 Å². The third-order valence-electron chi connectivity index (χ3n) is 4.90. The molecule has 0 atom stereocenters. The average Bonchev–Trinajstić information content (AvgIpc) is 2.34. The molecule has 0 spiro atoms. The van der Waals surface area contributed by atoms with Crippen LogP contribution in [0.1, 0.15) is 64.7 Å². The summed E-state index contributed by atoms with van der Waals surface area (Å²) in [5, 5.41) is 24.2. The molecule has 3 heteroatoms. The fraction of sp³-hybridized carbons (Fsp3) is 1.00. The van der Waals surface area contributed by atoms with E-state index >= 15 is 0 Å². The number of hydrogen-bond donors (Lipinski definition) is 3. The van der Waals surface area contributed by atoms with Crippen molar-refractivity contribution in [3.05, 3.63) is 0 Å². The highest BCUT2D eigenvalue weighted by atomic mass is 16.3. The molecule has 0 aromatic heterocycles. The van der Waals surface area contributed by atoms with Gasteiger partial charge in [-0.2, -0.15) is 0 Å². The van der Waals surface area contributed by atoms with E-state index < -0.39 is 11.2 Å². The first-order valence-electron chi connectivity index (χ1n) is 7.67.